The number of ether oxygens (including phenoxy) is 1. The zero-order chi connectivity index (χ0) is 16.9. The predicted octanol–water partition coefficient (Wildman–Crippen LogP) is 0.228. The fourth-order valence-electron chi connectivity index (χ4n) is 2.13. The first-order valence-electron chi connectivity index (χ1n) is 6.69. The number of benzene rings is 2. The Hall–Kier alpha value is -2.17. The number of hydrogen-bond donors (Lipinski definition) is 5. The molecule has 0 aliphatic rings. The van der Waals surface area contributed by atoms with E-state index in [1.54, 1.807) is 25.3 Å². The van der Waals surface area contributed by atoms with Gasteiger partial charge in [0.15, 0.2) is 0 Å². The van der Waals surface area contributed by atoms with Gasteiger partial charge in [0.1, 0.15) is 5.75 Å². The molecule has 0 unspecified atom stereocenters. The fraction of sp³-hybridized carbons (Fsp3) is 0.143. The van der Waals surface area contributed by atoms with Crippen LogP contribution in [0, 0.1) is 0 Å². The summed E-state index contributed by atoms with van der Waals surface area (Å²) in [7, 11) is -2.15. The third kappa shape index (κ3) is 4.65. The molecule has 23 heavy (non-hydrogen) atoms. The van der Waals surface area contributed by atoms with E-state index >= 15 is 0 Å². The number of nitrogens with two attached hydrogens (primary N) is 2. The quantitative estimate of drug-likeness (QED) is 0.361. The van der Waals surface area contributed by atoms with Crippen molar-refractivity contribution in [3.63, 3.8) is 0 Å². The zero-order valence-electron chi connectivity index (χ0n) is 12.5. The van der Waals surface area contributed by atoms with Gasteiger partial charge in [-0.3, -0.25) is 5.84 Å². The number of primary sulfonamides is 1. The molecule has 0 amide bonds. The minimum Gasteiger partial charge on any atom is -0.495 e. The van der Waals surface area contributed by atoms with Gasteiger partial charge in [0.05, 0.1) is 17.7 Å². The summed E-state index contributed by atoms with van der Waals surface area (Å²) < 4.78 is 28.1. The second kappa shape index (κ2) is 7.40. The van der Waals surface area contributed by atoms with Crippen molar-refractivity contribution in [2.45, 2.75) is 11.3 Å². The van der Waals surface area contributed by atoms with Crippen LogP contribution in [0.15, 0.2) is 47.4 Å². The van der Waals surface area contributed by atoms with Crippen molar-refractivity contribution in [2.75, 3.05) is 12.5 Å². The third-order valence-electron chi connectivity index (χ3n) is 3.17. The monoisotopic (exact) mass is 337 g/mol. The van der Waals surface area contributed by atoms with E-state index in [1.807, 2.05) is 18.2 Å². The van der Waals surface area contributed by atoms with Crippen molar-refractivity contribution >= 4 is 15.7 Å². The van der Waals surface area contributed by atoms with Crippen LogP contribution in [0.4, 0.5) is 5.69 Å². The van der Waals surface area contributed by atoms with E-state index in [1.165, 1.54) is 6.07 Å². The third-order valence-corrected chi connectivity index (χ3v) is 4.08. The number of sulfonamides is 1. The molecule has 7 N–H and O–H groups in total. The van der Waals surface area contributed by atoms with Crippen molar-refractivity contribution < 1.29 is 13.2 Å². The highest BCUT2D eigenvalue weighted by Gasteiger charge is 2.09. The predicted molar refractivity (Wildman–Crippen MR) is 87.7 cm³/mol. The van der Waals surface area contributed by atoms with Gasteiger partial charge >= 0.3 is 0 Å². The van der Waals surface area contributed by atoms with Gasteiger partial charge in [-0.15, -0.1) is 0 Å². The Balaban J connectivity index is 2.26. The van der Waals surface area contributed by atoms with E-state index in [0.29, 0.717) is 17.9 Å². The molecule has 2 rings (SSSR count). The Kier molecular flexibility index (Phi) is 5.53. The highest BCUT2D eigenvalue weighted by Crippen LogP contribution is 2.26. The van der Waals surface area contributed by atoms with Crippen LogP contribution in [0.3, 0.4) is 0 Å². The van der Waals surface area contributed by atoms with Crippen LogP contribution in [-0.2, 0) is 16.4 Å². The number of nitrogens with one attached hydrogen (secondary N) is 3. The lowest BCUT2D eigenvalue weighted by atomic mass is 10.0. The van der Waals surface area contributed by atoms with Crippen molar-refractivity contribution in [1.82, 2.24) is 11.1 Å². The molecule has 8 nitrogen and oxygen atoms in total. The maximum Gasteiger partial charge on any atom is 0.238 e. The lowest BCUT2D eigenvalue weighted by Crippen LogP contribution is -2.41. The van der Waals surface area contributed by atoms with E-state index in [0.717, 1.165) is 11.1 Å². The van der Waals surface area contributed by atoms with Crippen LogP contribution >= 0.6 is 0 Å². The summed E-state index contributed by atoms with van der Waals surface area (Å²) in [6.07, 6.45) is 0.540. The molecule has 0 atom stereocenters. The smallest absolute Gasteiger partial charge is 0.238 e. The van der Waals surface area contributed by atoms with E-state index < -0.39 is 10.0 Å². The normalized spacial score (nSPS) is 11.3. The summed E-state index contributed by atoms with van der Waals surface area (Å²) in [4.78, 5) is 0.0934. The van der Waals surface area contributed by atoms with Gasteiger partial charge in [-0.2, -0.15) is 11.1 Å². The Bertz CT molecular complexity index is 780. The molecule has 0 heterocycles. The zero-order valence-corrected chi connectivity index (χ0v) is 13.4. The molecule has 124 valence electrons. The van der Waals surface area contributed by atoms with Crippen molar-refractivity contribution in [3.8, 4) is 5.75 Å². The number of anilines is 1. The first-order chi connectivity index (χ1) is 10.9. The number of rotatable bonds is 7. The molecular formula is C14H19N5O3S. The van der Waals surface area contributed by atoms with Crippen LogP contribution in [0.2, 0.25) is 0 Å². The average Bonchev–Trinajstić information content (AvgIpc) is 2.52. The molecular weight excluding hydrogens is 318 g/mol. The van der Waals surface area contributed by atoms with Gasteiger partial charge in [0.2, 0.25) is 10.0 Å². The Morgan fingerprint density at radius 1 is 1.13 bits per heavy atom. The van der Waals surface area contributed by atoms with Crippen molar-refractivity contribution in [2.24, 2.45) is 11.0 Å². The van der Waals surface area contributed by atoms with E-state index in [9.17, 15) is 8.42 Å². The van der Waals surface area contributed by atoms with Gasteiger partial charge in [-0.1, -0.05) is 18.2 Å². The summed E-state index contributed by atoms with van der Waals surface area (Å²) in [5, 5.41) is 5.15. The molecule has 2 aromatic rings. The molecule has 0 spiro atoms. The Morgan fingerprint density at radius 3 is 2.52 bits per heavy atom. The lowest BCUT2D eigenvalue weighted by molar-refractivity contribution is 0.415. The second-order valence-corrected chi connectivity index (χ2v) is 6.36. The van der Waals surface area contributed by atoms with Crippen molar-refractivity contribution in [3.05, 3.63) is 53.6 Å². The standard InChI is InChI=1S/C14H19N5O3S/c1-22-14-6-5-11(9-13(14)17-19-18-15)7-10-3-2-4-12(8-10)23(16,20)21/h2-6,8-9,17-19H,7,15H2,1H3,(H2,16,20,21). The molecule has 0 bridgehead atoms. The molecule has 2 aromatic carbocycles. The molecule has 9 heteroatoms. The van der Waals surface area contributed by atoms with E-state index in [-0.39, 0.29) is 4.90 Å². The Labute approximate surface area is 134 Å². The highest BCUT2D eigenvalue weighted by molar-refractivity contribution is 7.89. The maximum atomic E-state index is 11.4. The minimum atomic E-state index is -3.71. The molecule has 0 aliphatic heterocycles. The van der Waals surface area contributed by atoms with Gasteiger partial charge < -0.3 is 10.2 Å². The van der Waals surface area contributed by atoms with Gasteiger partial charge in [0, 0.05) is 0 Å². The van der Waals surface area contributed by atoms with Gasteiger partial charge in [-0.25, -0.2) is 13.6 Å². The minimum absolute atomic E-state index is 0.0934. The van der Waals surface area contributed by atoms with Crippen LogP contribution in [0.1, 0.15) is 11.1 Å². The molecule has 0 fully saturated rings. The van der Waals surface area contributed by atoms with Crippen LogP contribution < -0.4 is 32.2 Å². The van der Waals surface area contributed by atoms with Gasteiger partial charge in [-0.05, 0) is 41.8 Å². The summed E-state index contributed by atoms with van der Waals surface area (Å²) in [6, 6.07) is 12.1. The second-order valence-electron chi connectivity index (χ2n) is 4.80. The summed E-state index contributed by atoms with van der Waals surface area (Å²) in [5.74, 6) is 5.79. The number of methoxy groups -OCH3 is 1. The molecule has 0 radical (unpaired) electrons. The fourth-order valence-corrected chi connectivity index (χ4v) is 2.72. The largest absolute Gasteiger partial charge is 0.495 e. The summed E-state index contributed by atoms with van der Waals surface area (Å²) in [6.45, 7) is 0. The average molecular weight is 337 g/mol. The molecule has 0 saturated carbocycles. The molecule has 0 aliphatic carbocycles. The molecule has 0 saturated heterocycles. The lowest BCUT2D eigenvalue weighted by Gasteiger charge is -2.13. The highest BCUT2D eigenvalue weighted by atomic mass is 32.2. The summed E-state index contributed by atoms with van der Waals surface area (Å²) in [5.41, 5.74) is 10.1. The SMILES string of the molecule is COc1ccc(Cc2cccc(S(N)(=O)=O)c2)cc1NNNN. The first kappa shape index (κ1) is 17.2. The van der Waals surface area contributed by atoms with Crippen LogP contribution in [0.5, 0.6) is 5.75 Å². The van der Waals surface area contributed by atoms with Crippen LogP contribution in [-0.4, -0.2) is 15.5 Å². The maximum absolute atomic E-state index is 11.4. The Morgan fingerprint density at radius 2 is 1.87 bits per heavy atom. The number of hydrazine groups is 3. The van der Waals surface area contributed by atoms with Crippen molar-refractivity contribution in [1.29, 1.82) is 0 Å². The molecule has 0 aromatic heterocycles. The van der Waals surface area contributed by atoms with E-state index in [2.05, 4.69) is 16.5 Å². The number of hydrogen-bond acceptors (Lipinski definition) is 7. The van der Waals surface area contributed by atoms with Gasteiger partial charge in [0.25, 0.3) is 0 Å². The summed E-state index contributed by atoms with van der Waals surface area (Å²) >= 11 is 0. The van der Waals surface area contributed by atoms with Crippen LogP contribution in [0.25, 0.3) is 0 Å². The first-order valence-corrected chi connectivity index (χ1v) is 8.24. The van der Waals surface area contributed by atoms with E-state index in [4.69, 9.17) is 15.7 Å². The topological polar surface area (TPSA) is 132 Å².